The number of carbonyl (C=O) groups is 2. The second-order valence-corrected chi connectivity index (χ2v) is 7.30. The molecule has 7 heteroatoms. The van der Waals surface area contributed by atoms with E-state index in [1.165, 1.54) is 0 Å². The van der Waals surface area contributed by atoms with Gasteiger partial charge >= 0.3 is 0 Å². The van der Waals surface area contributed by atoms with Gasteiger partial charge in [-0.2, -0.15) is 0 Å². The van der Waals surface area contributed by atoms with Crippen molar-refractivity contribution in [2.45, 2.75) is 6.92 Å². The Bertz CT molecular complexity index is 1080. The number of aromatic nitrogens is 2. The second-order valence-electron chi connectivity index (χ2n) is 7.30. The predicted molar refractivity (Wildman–Crippen MR) is 110 cm³/mol. The van der Waals surface area contributed by atoms with Gasteiger partial charge in [0.05, 0.1) is 30.0 Å². The average Bonchev–Trinajstić information content (AvgIpc) is 3.14. The molecule has 3 aromatic rings. The number of piperazine rings is 1. The van der Waals surface area contributed by atoms with Crippen molar-refractivity contribution in [3.63, 3.8) is 0 Å². The van der Waals surface area contributed by atoms with Crippen LogP contribution in [-0.4, -0.2) is 64.5 Å². The SMILES string of the molecule is COc1cc(C(=O)N2CCN(C(=O)c3cccc4ncn(C)c34)CC2)ccc1C. The summed E-state index contributed by atoms with van der Waals surface area (Å²) >= 11 is 0. The highest BCUT2D eigenvalue weighted by Gasteiger charge is 2.27. The van der Waals surface area contributed by atoms with Crippen LogP contribution in [0.25, 0.3) is 11.0 Å². The minimum Gasteiger partial charge on any atom is -0.496 e. The summed E-state index contributed by atoms with van der Waals surface area (Å²) in [6.45, 7) is 3.95. The molecule has 0 aliphatic carbocycles. The zero-order chi connectivity index (χ0) is 20.5. The third-order valence-corrected chi connectivity index (χ3v) is 5.48. The summed E-state index contributed by atoms with van der Waals surface area (Å²) in [5.74, 6) is 0.640. The van der Waals surface area contributed by atoms with Crippen LogP contribution < -0.4 is 4.74 Å². The molecule has 2 aromatic carbocycles. The molecule has 1 aliphatic heterocycles. The Morgan fingerprint density at radius 3 is 2.38 bits per heavy atom. The van der Waals surface area contributed by atoms with Crippen LogP contribution >= 0.6 is 0 Å². The molecule has 0 spiro atoms. The smallest absolute Gasteiger partial charge is 0.256 e. The first kappa shape index (κ1) is 19.0. The molecular weight excluding hydrogens is 368 g/mol. The normalized spacial score (nSPS) is 14.3. The fourth-order valence-corrected chi connectivity index (χ4v) is 3.80. The number of ether oxygens (including phenoxy) is 1. The molecule has 2 heterocycles. The molecule has 0 atom stereocenters. The van der Waals surface area contributed by atoms with Crippen molar-refractivity contribution in [2.75, 3.05) is 33.3 Å². The monoisotopic (exact) mass is 392 g/mol. The number of fused-ring (bicyclic) bond motifs is 1. The van der Waals surface area contributed by atoms with Crippen LogP contribution in [0.1, 0.15) is 26.3 Å². The predicted octanol–water partition coefficient (Wildman–Crippen LogP) is 2.49. The number of imidazole rings is 1. The molecule has 0 radical (unpaired) electrons. The Labute approximate surface area is 169 Å². The van der Waals surface area contributed by atoms with E-state index < -0.39 is 0 Å². The van der Waals surface area contributed by atoms with Crippen molar-refractivity contribution < 1.29 is 14.3 Å². The summed E-state index contributed by atoms with van der Waals surface area (Å²) in [6.07, 6.45) is 1.72. The van der Waals surface area contributed by atoms with Crippen LogP contribution in [0, 0.1) is 6.92 Å². The molecule has 0 unspecified atom stereocenters. The molecule has 0 N–H and O–H groups in total. The van der Waals surface area contributed by atoms with Crippen molar-refractivity contribution in [2.24, 2.45) is 7.05 Å². The van der Waals surface area contributed by atoms with Crippen LogP contribution in [0.15, 0.2) is 42.7 Å². The van der Waals surface area contributed by atoms with Gasteiger partial charge in [-0.3, -0.25) is 9.59 Å². The number of rotatable bonds is 3. The van der Waals surface area contributed by atoms with Crippen LogP contribution in [0.3, 0.4) is 0 Å². The van der Waals surface area contributed by atoms with Crippen molar-refractivity contribution in [1.82, 2.24) is 19.4 Å². The quantitative estimate of drug-likeness (QED) is 0.687. The lowest BCUT2D eigenvalue weighted by atomic mass is 10.1. The molecule has 0 saturated carbocycles. The molecule has 1 aliphatic rings. The number of hydrogen-bond acceptors (Lipinski definition) is 4. The summed E-state index contributed by atoms with van der Waals surface area (Å²) in [5.41, 5.74) is 3.88. The van der Waals surface area contributed by atoms with Crippen molar-refractivity contribution >= 4 is 22.8 Å². The first-order chi connectivity index (χ1) is 14.0. The van der Waals surface area contributed by atoms with Gasteiger partial charge in [-0.25, -0.2) is 4.98 Å². The Hall–Kier alpha value is -3.35. The van der Waals surface area contributed by atoms with Gasteiger partial charge in [0, 0.05) is 38.8 Å². The van der Waals surface area contributed by atoms with E-state index in [2.05, 4.69) is 4.98 Å². The number of methoxy groups -OCH3 is 1. The summed E-state index contributed by atoms with van der Waals surface area (Å²) < 4.78 is 7.20. The number of hydrogen-bond donors (Lipinski definition) is 0. The molecule has 1 fully saturated rings. The summed E-state index contributed by atoms with van der Waals surface area (Å²) in [6, 6.07) is 11.1. The summed E-state index contributed by atoms with van der Waals surface area (Å²) in [4.78, 5) is 33.9. The van der Waals surface area contributed by atoms with Gasteiger partial charge in [0.25, 0.3) is 11.8 Å². The maximum absolute atomic E-state index is 13.1. The van der Waals surface area contributed by atoms with Crippen LogP contribution in [-0.2, 0) is 7.05 Å². The number of benzene rings is 2. The zero-order valence-corrected chi connectivity index (χ0v) is 16.9. The Morgan fingerprint density at radius 2 is 1.69 bits per heavy atom. The number of aryl methyl sites for hydroxylation is 2. The van der Waals surface area contributed by atoms with Gasteiger partial charge in [-0.1, -0.05) is 12.1 Å². The fraction of sp³-hybridized carbons (Fsp3) is 0.318. The highest BCUT2D eigenvalue weighted by Crippen LogP contribution is 2.22. The van der Waals surface area contributed by atoms with E-state index in [0.29, 0.717) is 43.1 Å². The number of nitrogens with zero attached hydrogens (tertiary/aromatic N) is 4. The van der Waals surface area contributed by atoms with Gasteiger partial charge in [0.15, 0.2) is 0 Å². The standard InChI is InChI=1S/C22H24N4O3/c1-15-7-8-16(13-19(15)29-3)21(27)25-9-11-26(12-10-25)22(28)17-5-4-6-18-20(17)24(2)14-23-18/h4-8,13-14H,9-12H2,1-3H3. The van der Waals surface area contributed by atoms with E-state index >= 15 is 0 Å². The molecule has 2 amide bonds. The van der Waals surface area contributed by atoms with Gasteiger partial charge in [0.1, 0.15) is 5.75 Å². The first-order valence-corrected chi connectivity index (χ1v) is 9.63. The zero-order valence-electron chi connectivity index (χ0n) is 16.9. The third kappa shape index (κ3) is 3.44. The maximum Gasteiger partial charge on any atom is 0.256 e. The van der Waals surface area contributed by atoms with E-state index in [1.807, 2.05) is 48.9 Å². The van der Waals surface area contributed by atoms with Crippen LogP contribution in [0.4, 0.5) is 0 Å². The second kappa shape index (κ2) is 7.58. The van der Waals surface area contributed by atoms with Crippen molar-refractivity contribution in [3.8, 4) is 5.75 Å². The minimum absolute atomic E-state index is 0.0247. The largest absolute Gasteiger partial charge is 0.496 e. The molecule has 1 saturated heterocycles. The number of carbonyl (C=O) groups excluding carboxylic acids is 2. The van der Waals surface area contributed by atoms with Crippen LogP contribution in [0.2, 0.25) is 0 Å². The van der Waals surface area contributed by atoms with E-state index in [-0.39, 0.29) is 11.8 Å². The van der Waals surface area contributed by atoms with Gasteiger partial charge in [0.2, 0.25) is 0 Å². The lowest BCUT2D eigenvalue weighted by Gasteiger charge is -2.35. The Balaban J connectivity index is 1.47. The number of para-hydroxylation sites is 1. The lowest BCUT2D eigenvalue weighted by Crippen LogP contribution is -2.50. The Morgan fingerprint density at radius 1 is 1.00 bits per heavy atom. The first-order valence-electron chi connectivity index (χ1n) is 9.63. The molecule has 150 valence electrons. The molecule has 0 bridgehead atoms. The molecule has 4 rings (SSSR count). The topological polar surface area (TPSA) is 67.7 Å². The van der Waals surface area contributed by atoms with E-state index in [1.54, 1.807) is 29.3 Å². The minimum atomic E-state index is -0.0378. The number of amides is 2. The van der Waals surface area contributed by atoms with Crippen molar-refractivity contribution in [3.05, 3.63) is 59.4 Å². The average molecular weight is 392 g/mol. The Kier molecular flexibility index (Phi) is 4.96. The van der Waals surface area contributed by atoms with Gasteiger partial charge < -0.3 is 19.1 Å². The summed E-state index contributed by atoms with van der Waals surface area (Å²) in [5, 5.41) is 0. The molecule has 1 aromatic heterocycles. The van der Waals surface area contributed by atoms with E-state index in [9.17, 15) is 9.59 Å². The molecular formula is C22H24N4O3. The van der Waals surface area contributed by atoms with E-state index in [4.69, 9.17) is 4.74 Å². The lowest BCUT2D eigenvalue weighted by molar-refractivity contribution is 0.0536. The highest BCUT2D eigenvalue weighted by molar-refractivity contribution is 6.05. The van der Waals surface area contributed by atoms with E-state index in [0.717, 1.165) is 16.6 Å². The van der Waals surface area contributed by atoms with Gasteiger partial charge in [-0.15, -0.1) is 0 Å². The third-order valence-electron chi connectivity index (χ3n) is 5.48. The molecule has 7 nitrogen and oxygen atoms in total. The fourth-order valence-electron chi connectivity index (χ4n) is 3.80. The van der Waals surface area contributed by atoms with Gasteiger partial charge in [-0.05, 0) is 36.8 Å². The summed E-state index contributed by atoms with van der Waals surface area (Å²) in [7, 11) is 3.49. The highest BCUT2D eigenvalue weighted by atomic mass is 16.5. The van der Waals surface area contributed by atoms with Crippen molar-refractivity contribution in [1.29, 1.82) is 0 Å². The van der Waals surface area contributed by atoms with Crippen LogP contribution in [0.5, 0.6) is 5.75 Å². The molecule has 29 heavy (non-hydrogen) atoms. The maximum atomic E-state index is 13.1.